The van der Waals surface area contributed by atoms with Crippen LogP contribution in [0.4, 0.5) is 0 Å². The molecule has 0 saturated heterocycles. The fourth-order valence-corrected chi connectivity index (χ4v) is 4.23. The Hall–Kier alpha value is -0.650. The van der Waals surface area contributed by atoms with Crippen molar-refractivity contribution in [3.8, 4) is 0 Å². The Morgan fingerprint density at radius 2 is 2.10 bits per heavy atom. The van der Waals surface area contributed by atoms with Crippen LogP contribution in [0.1, 0.15) is 44.1 Å². The molecule has 116 valence electrons. The van der Waals surface area contributed by atoms with Gasteiger partial charge in [0.05, 0.1) is 6.61 Å². The molecule has 2 aliphatic carbocycles. The van der Waals surface area contributed by atoms with E-state index in [0.717, 1.165) is 29.3 Å². The average molecular weight is 307 g/mol. The molecule has 2 N–H and O–H groups in total. The smallest absolute Gasteiger partial charge is 0.187 e. The third-order valence-electron chi connectivity index (χ3n) is 4.76. The number of aromatic nitrogens is 2. The van der Waals surface area contributed by atoms with Crippen LogP contribution in [-0.4, -0.2) is 39.0 Å². The summed E-state index contributed by atoms with van der Waals surface area (Å²) < 4.78 is 0. The molecule has 2 atom stereocenters. The highest BCUT2D eigenvalue weighted by atomic mass is 32.2. The first-order valence-corrected chi connectivity index (χ1v) is 9.00. The standard InChI is InChI=1S/C16H25N3OS/c1-12-9-17-15(18-10-12)21-8-6-13-3-2-7-16(13,11-20)19-14-4-5-14/h9-10,13-14,19-20H,2-8,11H2,1H3. The number of aliphatic hydroxyl groups is 1. The minimum atomic E-state index is -0.0180. The predicted molar refractivity (Wildman–Crippen MR) is 85.4 cm³/mol. The third kappa shape index (κ3) is 3.76. The summed E-state index contributed by atoms with van der Waals surface area (Å²) in [6, 6.07) is 0.658. The van der Waals surface area contributed by atoms with Crippen LogP contribution >= 0.6 is 11.8 Å². The van der Waals surface area contributed by atoms with Crippen molar-refractivity contribution in [2.75, 3.05) is 12.4 Å². The second-order valence-electron chi connectivity index (χ2n) is 6.50. The number of nitrogens with zero attached hydrogens (tertiary/aromatic N) is 2. The summed E-state index contributed by atoms with van der Waals surface area (Å²) in [5.41, 5.74) is 1.08. The molecule has 1 heterocycles. The summed E-state index contributed by atoms with van der Waals surface area (Å²) in [7, 11) is 0. The van der Waals surface area contributed by atoms with Gasteiger partial charge in [0.25, 0.3) is 0 Å². The van der Waals surface area contributed by atoms with Gasteiger partial charge in [0, 0.05) is 29.7 Å². The Morgan fingerprint density at radius 3 is 2.76 bits per heavy atom. The topological polar surface area (TPSA) is 58.0 Å². The first-order valence-electron chi connectivity index (χ1n) is 8.02. The maximum Gasteiger partial charge on any atom is 0.187 e. The predicted octanol–water partition coefficient (Wildman–Crippen LogP) is 2.55. The fraction of sp³-hybridized carbons (Fsp3) is 0.750. The molecule has 0 aliphatic heterocycles. The maximum atomic E-state index is 9.92. The van der Waals surface area contributed by atoms with Crippen molar-refractivity contribution in [1.82, 2.24) is 15.3 Å². The first kappa shape index (κ1) is 15.3. The lowest BCUT2D eigenvalue weighted by Crippen LogP contribution is -2.52. The Morgan fingerprint density at radius 1 is 1.33 bits per heavy atom. The Kier molecular flexibility index (Phi) is 4.82. The summed E-state index contributed by atoms with van der Waals surface area (Å²) >= 11 is 1.73. The van der Waals surface area contributed by atoms with E-state index in [2.05, 4.69) is 15.3 Å². The number of rotatable bonds is 7. The monoisotopic (exact) mass is 307 g/mol. The number of thioether (sulfide) groups is 1. The van der Waals surface area contributed by atoms with Gasteiger partial charge >= 0.3 is 0 Å². The van der Waals surface area contributed by atoms with Crippen LogP contribution in [0.2, 0.25) is 0 Å². The molecule has 1 aromatic rings. The van der Waals surface area contributed by atoms with Gasteiger partial charge in [-0.25, -0.2) is 9.97 Å². The number of aliphatic hydroxyl groups excluding tert-OH is 1. The molecule has 0 spiro atoms. The summed E-state index contributed by atoms with van der Waals surface area (Å²) in [6.45, 7) is 2.28. The van der Waals surface area contributed by atoms with E-state index in [-0.39, 0.29) is 12.1 Å². The summed E-state index contributed by atoms with van der Waals surface area (Å²) in [5, 5.41) is 14.5. The minimum Gasteiger partial charge on any atom is -0.394 e. The Bertz CT molecular complexity index is 463. The summed E-state index contributed by atoms with van der Waals surface area (Å²) in [4.78, 5) is 8.69. The van der Waals surface area contributed by atoms with Gasteiger partial charge < -0.3 is 10.4 Å². The highest BCUT2D eigenvalue weighted by Crippen LogP contribution is 2.40. The number of aryl methyl sites for hydroxylation is 1. The van der Waals surface area contributed by atoms with E-state index in [1.54, 1.807) is 11.8 Å². The number of hydrogen-bond donors (Lipinski definition) is 2. The summed E-state index contributed by atoms with van der Waals surface area (Å²) in [6.07, 6.45) is 11.0. The SMILES string of the molecule is Cc1cnc(SCCC2CCCC2(CO)NC2CC2)nc1. The average Bonchev–Trinajstić information content (AvgIpc) is 3.21. The summed E-state index contributed by atoms with van der Waals surface area (Å²) in [5.74, 6) is 1.61. The lowest BCUT2D eigenvalue weighted by Gasteiger charge is -2.35. The van der Waals surface area contributed by atoms with E-state index < -0.39 is 0 Å². The van der Waals surface area contributed by atoms with Gasteiger partial charge in [0.15, 0.2) is 5.16 Å². The van der Waals surface area contributed by atoms with Gasteiger partial charge in [0.1, 0.15) is 0 Å². The molecule has 21 heavy (non-hydrogen) atoms. The second kappa shape index (κ2) is 6.63. The van der Waals surface area contributed by atoms with E-state index in [1.807, 2.05) is 19.3 Å². The number of nitrogens with one attached hydrogen (secondary N) is 1. The molecule has 2 aliphatic rings. The van der Waals surface area contributed by atoms with E-state index >= 15 is 0 Å². The van der Waals surface area contributed by atoms with Crippen LogP contribution in [-0.2, 0) is 0 Å². The van der Waals surface area contributed by atoms with Crippen molar-refractivity contribution in [3.05, 3.63) is 18.0 Å². The van der Waals surface area contributed by atoms with Gasteiger partial charge in [-0.15, -0.1) is 0 Å². The van der Waals surface area contributed by atoms with Crippen molar-refractivity contribution in [2.45, 2.75) is 62.2 Å². The fourth-order valence-electron chi connectivity index (χ4n) is 3.39. The largest absolute Gasteiger partial charge is 0.394 e. The zero-order valence-electron chi connectivity index (χ0n) is 12.7. The van der Waals surface area contributed by atoms with Gasteiger partial charge in [-0.3, -0.25) is 0 Å². The molecular weight excluding hydrogens is 282 g/mol. The molecule has 0 amide bonds. The zero-order chi connectivity index (χ0) is 14.7. The van der Waals surface area contributed by atoms with E-state index in [1.165, 1.54) is 25.7 Å². The van der Waals surface area contributed by atoms with E-state index in [4.69, 9.17) is 0 Å². The molecule has 2 fully saturated rings. The molecule has 0 radical (unpaired) electrons. The van der Waals surface area contributed by atoms with Crippen molar-refractivity contribution in [2.24, 2.45) is 5.92 Å². The van der Waals surface area contributed by atoms with Crippen LogP contribution in [0.15, 0.2) is 17.6 Å². The quantitative estimate of drug-likeness (QED) is 0.599. The molecule has 3 rings (SSSR count). The maximum absolute atomic E-state index is 9.92. The molecule has 5 heteroatoms. The molecule has 0 aromatic carbocycles. The molecule has 0 bridgehead atoms. The van der Waals surface area contributed by atoms with Crippen LogP contribution in [0.3, 0.4) is 0 Å². The van der Waals surface area contributed by atoms with Gasteiger partial charge in [-0.05, 0) is 50.5 Å². The van der Waals surface area contributed by atoms with Crippen LogP contribution in [0, 0.1) is 12.8 Å². The highest BCUT2D eigenvalue weighted by molar-refractivity contribution is 7.99. The lowest BCUT2D eigenvalue weighted by atomic mass is 9.85. The Labute approximate surface area is 131 Å². The normalized spacial score (nSPS) is 29.0. The lowest BCUT2D eigenvalue weighted by molar-refractivity contribution is 0.120. The van der Waals surface area contributed by atoms with Crippen LogP contribution in [0.25, 0.3) is 0 Å². The second-order valence-corrected chi connectivity index (χ2v) is 7.56. The van der Waals surface area contributed by atoms with Crippen molar-refractivity contribution < 1.29 is 5.11 Å². The van der Waals surface area contributed by atoms with Crippen LogP contribution in [0.5, 0.6) is 0 Å². The highest BCUT2D eigenvalue weighted by Gasteiger charge is 2.44. The zero-order valence-corrected chi connectivity index (χ0v) is 13.5. The van der Waals surface area contributed by atoms with Crippen LogP contribution < -0.4 is 5.32 Å². The minimum absolute atomic E-state index is 0.0180. The molecular formula is C16H25N3OS. The molecule has 2 saturated carbocycles. The van der Waals surface area contributed by atoms with Gasteiger partial charge in [-0.1, -0.05) is 18.2 Å². The van der Waals surface area contributed by atoms with E-state index in [9.17, 15) is 5.11 Å². The first-order chi connectivity index (χ1) is 10.2. The van der Waals surface area contributed by atoms with Crippen molar-refractivity contribution >= 4 is 11.8 Å². The Balaban J connectivity index is 1.52. The van der Waals surface area contributed by atoms with Crippen molar-refractivity contribution in [3.63, 3.8) is 0 Å². The van der Waals surface area contributed by atoms with Gasteiger partial charge in [-0.2, -0.15) is 0 Å². The molecule has 2 unspecified atom stereocenters. The van der Waals surface area contributed by atoms with E-state index in [0.29, 0.717) is 12.0 Å². The number of hydrogen-bond acceptors (Lipinski definition) is 5. The third-order valence-corrected chi connectivity index (χ3v) is 5.67. The van der Waals surface area contributed by atoms with Crippen molar-refractivity contribution in [1.29, 1.82) is 0 Å². The van der Waals surface area contributed by atoms with Gasteiger partial charge in [0.2, 0.25) is 0 Å². The molecule has 1 aromatic heterocycles. The molecule has 4 nitrogen and oxygen atoms in total.